The summed E-state index contributed by atoms with van der Waals surface area (Å²) in [6.45, 7) is -0.125. The van der Waals surface area contributed by atoms with Gasteiger partial charge in [0.2, 0.25) is 5.82 Å². The van der Waals surface area contributed by atoms with Gasteiger partial charge in [0.05, 0.1) is 11.8 Å². The highest BCUT2D eigenvalue weighted by atomic mass is 35.5. The molecule has 0 amide bonds. The number of thiophene rings is 1. The number of rotatable bonds is 6. The first-order valence-corrected chi connectivity index (χ1v) is 11.5. The SMILES string of the molecule is O=C(CCc1nc2sc3c(c2c(=O)[nH]1)CCCC3)OCc1nc(-c2ccc(Cl)cc2)no1. The molecule has 10 heteroatoms. The fourth-order valence-electron chi connectivity index (χ4n) is 3.79. The van der Waals surface area contributed by atoms with Crippen molar-refractivity contribution in [1.29, 1.82) is 0 Å². The number of nitrogens with one attached hydrogen (secondary N) is 1. The first-order chi connectivity index (χ1) is 15.6. The lowest BCUT2D eigenvalue weighted by Gasteiger charge is -2.09. The summed E-state index contributed by atoms with van der Waals surface area (Å²) in [4.78, 5) is 38.4. The number of aromatic amines is 1. The lowest BCUT2D eigenvalue weighted by molar-refractivity contribution is -0.145. The van der Waals surface area contributed by atoms with Crippen molar-refractivity contribution in [3.8, 4) is 11.4 Å². The molecule has 1 aliphatic carbocycles. The molecule has 0 aliphatic heterocycles. The van der Waals surface area contributed by atoms with Gasteiger partial charge in [0.1, 0.15) is 10.7 Å². The second-order valence-corrected chi connectivity index (χ2v) is 9.10. The fraction of sp³-hybridized carbons (Fsp3) is 0.318. The van der Waals surface area contributed by atoms with Gasteiger partial charge < -0.3 is 14.2 Å². The molecule has 0 saturated heterocycles. The Labute approximate surface area is 191 Å². The van der Waals surface area contributed by atoms with Crippen molar-refractivity contribution in [2.45, 2.75) is 45.1 Å². The first-order valence-electron chi connectivity index (χ1n) is 10.3. The topological polar surface area (TPSA) is 111 Å². The predicted octanol–water partition coefficient (Wildman–Crippen LogP) is 4.24. The van der Waals surface area contributed by atoms with E-state index in [1.54, 1.807) is 35.6 Å². The third kappa shape index (κ3) is 4.31. The summed E-state index contributed by atoms with van der Waals surface area (Å²) in [5.74, 6) is 0.632. The van der Waals surface area contributed by atoms with Crippen LogP contribution in [0.1, 0.15) is 41.4 Å². The van der Waals surface area contributed by atoms with Crippen molar-refractivity contribution >= 4 is 39.1 Å². The largest absolute Gasteiger partial charge is 0.456 e. The summed E-state index contributed by atoms with van der Waals surface area (Å²) in [6.07, 6.45) is 4.56. The van der Waals surface area contributed by atoms with Gasteiger partial charge >= 0.3 is 5.97 Å². The number of aromatic nitrogens is 4. The number of nitrogens with zero attached hydrogens (tertiary/aromatic N) is 3. The normalized spacial score (nSPS) is 13.3. The number of fused-ring (bicyclic) bond motifs is 3. The van der Waals surface area contributed by atoms with Crippen LogP contribution in [0.2, 0.25) is 5.02 Å². The minimum absolute atomic E-state index is 0.0811. The number of carbonyl (C=O) groups excluding carboxylic acids is 1. The number of carbonyl (C=O) groups is 1. The van der Waals surface area contributed by atoms with Crippen molar-refractivity contribution in [1.82, 2.24) is 20.1 Å². The molecule has 1 aromatic carbocycles. The lowest BCUT2D eigenvalue weighted by atomic mass is 9.97. The van der Waals surface area contributed by atoms with Crippen LogP contribution in [0.5, 0.6) is 0 Å². The molecule has 1 N–H and O–H groups in total. The van der Waals surface area contributed by atoms with Gasteiger partial charge in [-0.2, -0.15) is 4.98 Å². The van der Waals surface area contributed by atoms with Gasteiger partial charge in [0.25, 0.3) is 11.4 Å². The van der Waals surface area contributed by atoms with Crippen molar-refractivity contribution in [3.05, 3.63) is 61.8 Å². The summed E-state index contributed by atoms with van der Waals surface area (Å²) >= 11 is 7.47. The number of ether oxygens (including phenoxy) is 1. The molecule has 1 aliphatic rings. The number of esters is 1. The highest BCUT2D eigenvalue weighted by Gasteiger charge is 2.20. The molecule has 3 heterocycles. The zero-order valence-corrected chi connectivity index (χ0v) is 18.6. The van der Waals surface area contributed by atoms with Gasteiger partial charge in [0.15, 0.2) is 6.61 Å². The van der Waals surface area contributed by atoms with Crippen LogP contribution in [0, 0.1) is 0 Å². The third-order valence-corrected chi connectivity index (χ3v) is 6.80. The predicted molar refractivity (Wildman–Crippen MR) is 120 cm³/mol. The van der Waals surface area contributed by atoms with E-state index in [0.717, 1.165) is 41.6 Å². The van der Waals surface area contributed by atoms with E-state index >= 15 is 0 Å². The molecule has 0 spiro atoms. The van der Waals surface area contributed by atoms with E-state index in [4.69, 9.17) is 20.9 Å². The van der Waals surface area contributed by atoms with E-state index in [1.807, 2.05) is 0 Å². The van der Waals surface area contributed by atoms with Crippen LogP contribution in [0.4, 0.5) is 0 Å². The molecular weight excluding hydrogens is 452 g/mol. The fourth-order valence-corrected chi connectivity index (χ4v) is 5.20. The Hall–Kier alpha value is -3.04. The Kier molecular flexibility index (Phi) is 5.75. The first kappa shape index (κ1) is 20.8. The minimum Gasteiger partial charge on any atom is -0.456 e. The molecule has 4 aromatic rings. The molecular formula is C22H19ClN4O4S. The summed E-state index contributed by atoms with van der Waals surface area (Å²) in [5, 5.41) is 5.21. The molecule has 5 rings (SSSR count). The van der Waals surface area contributed by atoms with E-state index in [0.29, 0.717) is 22.1 Å². The van der Waals surface area contributed by atoms with Crippen LogP contribution in [0.15, 0.2) is 33.6 Å². The molecule has 0 bridgehead atoms. The molecule has 0 saturated carbocycles. The van der Waals surface area contributed by atoms with Crippen LogP contribution in [-0.2, 0) is 35.4 Å². The van der Waals surface area contributed by atoms with Gasteiger partial charge in [-0.3, -0.25) is 9.59 Å². The number of aryl methyl sites for hydroxylation is 3. The summed E-state index contributed by atoms with van der Waals surface area (Å²) in [6, 6.07) is 7.01. The number of benzene rings is 1. The van der Waals surface area contributed by atoms with Crippen molar-refractivity contribution in [2.75, 3.05) is 0 Å². The van der Waals surface area contributed by atoms with Gasteiger partial charge in [-0.25, -0.2) is 4.98 Å². The van der Waals surface area contributed by atoms with Crippen LogP contribution in [-0.4, -0.2) is 26.1 Å². The second kappa shape index (κ2) is 8.84. The van der Waals surface area contributed by atoms with Crippen molar-refractivity contribution < 1.29 is 14.1 Å². The Morgan fingerprint density at radius 2 is 2.00 bits per heavy atom. The standard InChI is InChI=1S/C22H19ClN4O4S/c23-13-7-5-12(6-8-13)20-26-17(31-27-20)11-30-18(28)10-9-16-24-21(29)19-14-3-1-2-4-15(14)32-22(19)25-16/h5-8H,1-4,9-11H2,(H,24,25,29). The Morgan fingerprint density at radius 1 is 1.19 bits per heavy atom. The second-order valence-electron chi connectivity index (χ2n) is 7.58. The van der Waals surface area contributed by atoms with E-state index in [1.165, 1.54) is 4.88 Å². The maximum absolute atomic E-state index is 12.6. The maximum Gasteiger partial charge on any atom is 0.306 e. The van der Waals surface area contributed by atoms with Crippen LogP contribution in [0.25, 0.3) is 21.6 Å². The molecule has 8 nitrogen and oxygen atoms in total. The zero-order chi connectivity index (χ0) is 22.1. The Morgan fingerprint density at radius 3 is 2.84 bits per heavy atom. The van der Waals surface area contributed by atoms with Crippen LogP contribution >= 0.6 is 22.9 Å². The van der Waals surface area contributed by atoms with Gasteiger partial charge in [-0.1, -0.05) is 16.8 Å². The minimum atomic E-state index is -0.440. The van der Waals surface area contributed by atoms with E-state index in [2.05, 4.69) is 20.1 Å². The molecule has 164 valence electrons. The average molecular weight is 471 g/mol. The number of halogens is 1. The molecule has 3 aromatic heterocycles. The Bertz CT molecular complexity index is 1340. The van der Waals surface area contributed by atoms with E-state index in [-0.39, 0.29) is 30.9 Å². The quantitative estimate of drug-likeness (QED) is 0.419. The molecule has 0 radical (unpaired) electrons. The number of hydrogen-bond acceptors (Lipinski definition) is 8. The van der Waals surface area contributed by atoms with Gasteiger partial charge in [-0.05, 0) is 55.5 Å². The third-order valence-electron chi connectivity index (χ3n) is 5.37. The molecule has 0 fully saturated rings. The summed E-state index contributed by atoms with van der Waals surface area (Å²) in [7, 11) is 0. The summed E-state index contributed by atoms with van der Waals surface area (Å²) in [5.41, 5.74) is 1.77. The van der Waals surface area contributed by atoms with Gasteiger partial charge in [0, 0.05) is 21.9 Å². The molecule has 0 atom stereocenters. The maximum atomic E-state index is 12.6. The van der Waals surface area contributed by atoms with Gasteiger partial charge in [-0.15, -0.1) is 11.3 Å². The molecule has 0 unspecified atom stereocenters. The van der Waals surface area contributed by atoms with Crippen LogP contribution < -0.4 is 5.56 Å². The highest BCUT2D eigenvalue weighted by Crippen LogP contribution is 2.33. The highest BCUT2D eigenvalue weighted by molar-refractivity contribution is 7.18. The smallest absolute Gasteiger partial charge is 0.306 e. The van der Waals surface area contributed by atoms with Crippen LogP contribution in [0.3, 0.4) is 0 Å². The molecule has 32 heavy (non-hydrogen) atoms. The monoisotopic (exact) mass is 470 g/mol. The van der Waals surface area contributed by atoms with Crippen molar-refractivity contribution in [3.63, 3.8) is 0 Å². The number of hydrogen-bond donors (Lipinski definition) is 1. The van der Waals surface area contributed by atoms with E-state index < -0.39 is 5.97 Å². The van der Waals surface area contributed by atoms with E-state index in [9.17, 15) is 9.59 Å². The van der Waals surface area contributed by atoms with Crippen molar-refractivity contribution in [2.24, 2.45) is 0 Å². The average Bonchev–Trinajstić information content (AvgIpc) is 3.41. The number of H-pyrrole nitrogens is 1. The Balaban J connectivity index is 1.19. The zero-order valence-electron chi connectivity index (χ0n) is 17.0. The summed E-state index contributed by atoms with van der Waals surface area (Å²) < 4.78 is 10.4. The lowest BCUT2D eigenvalue weighted by Crippen LogP contribution is -2.14.